The summed E-state index contributed by atoms with van der Waals surface area (Å²) in [7, 11) is 0. The van der Waals surface area contributed by atoms with Crippen LogP contribution in [-0.2, 0) is 27.3 Å². The van der Waals surface area contributed by atoms with Crippen LogP contribution in [0.15, 0.2) is 61.2 Å². The van der Waals surface area contributed by atoms with Gasteiger partial charge in [-0.3, -0.25) is 9.59 Å². The molecular weight excluding hydrogens is 460 g/mol. The molecule has 4 rings (SSSR count). The molecule has 0 spiro atoms. The van der Waals surface area contributed by atoms with Crippen molar-refractivity contribution in [2.75, 3.05) is 26.4 Å². The summed E-state index contributed by atoms with van der Waals surface area (Å²) >= 11 is 0. The molecule has 9 heteroatoms. The highest BCUT2D eigenvalue weighted by molar-refractivity contribution is 5.78. The lowest BCUT2D eigenvalue weighted by atomic mass is 9.98. The molecule has 0 saturated heterocycles. The number of ether oxygens (including phenoxy) is 2. The number of benzene rings is 2. The van der Waals surface area contributed by atoms with Crippen LogP contribution < -0.4 is 10.5 Å². The molecule has 0 saturated carbocycles. The average molecular weight is 491 g/mol. The minimum Gasteiger partial charge on any atom is -0.491 e. The van der Waals surface area contributed by atoms with Crippen LogP contribution in [-0.4, -0.2) is 64.3 Å². The van der Waals surface area contributed by atoms with Crippen LogP contribution in [0.1, 0.15) is 29.5 Å². The second kappa shape index (κ2) is 12.2. The third kappa shape index (κ3) is 6.87. The van der Waals surface area contributed by atoms with E-state index in [4.69, 9.17) is 20.3 Å². The largest absolute Gasteiger partial charge is 0.491 e. The summed E-state index contributed by atoms with van der Waals surface area (Å²) in [6.07, 6.45) is 5.86. The number of fused-ring (bicyclic) bond motifs is 3. The van der Waals surface area contributed by atoms with Crippen LogP contribution >= 0.6 is 0 Å². The van der Waals surface area contributed by atoms with Gasteiger partial charge in [-0.2, -0.15) is 0 Å². The number of hydrogen-bond acceptors (Lipinski definition) is 7. The van der Waals surface area contributed by atoms with Gasteiger partial charge in [-0.05, 0) is 40.8 Å². The lowest BCUT2D eigenvalue weighted by Gasteiger charge is -2.24. The average Bonchev–Trinajstić information content (AvgIpc) is 2.89. The quantitative estimate of drug-likeness (QED) is 0.559. The van der Waals surface area contributed by atoms with E-state index in [0.717, 1.165) is 33.6 Å². The van der Waals surface area contributed by atoms with Crippen molar-refractivity contribution in [1.82, 2.24) is 14.9 Å². The van der Waals surface area contributed by atoms with E-state index in [1.807, 2.05) is 24.3 Å². The third-order valence-electron chi connectivity index (χ3n) is 6.04. The van der Waals surface area contributed by atoms with Gasteiger partial charge in [-0.1, -0.05) is 30.3 Å². The van der Waals surface area contributed by atoms with Gasteiger partial charge in [0.25, 0.3) is 0 Å². The van der Waals surface area contributed by atoms with Gasteiger partial charge in [-0.15, -0.1) is 0 Å². The summed E-state index contributed by atoms with van der Waals surface area (Å²) in [5.74, 6) is -0.458. The maximum atomic E-state index is 12.9. The van der Waals surface area contributed by atoms with Crippen LogP contribution in [0, 0.1) is 0 Å². The Morgan fingerprint density at radius 1 is 1.03 bits per heavy atom. The van der Waals surface area contributed by atoms with Crippen molar-refractivity contribution in [2.24, 2.45) is 5.73 Å². The van der Waals surface area contributed by atoms with Crippen molar-refractivity contribution in [3.05, 3.63) is 77.9 Å². The third-order valence-corrected chi connectivity index (χ3v) is 6.04. The number of amides is 1. The normalized spacial score (nSPS) is 15.2. The van der Waals surface area contributed by atoms with Gasteiger partial charge < -0.3 is 25.2 Å². The summed E-state index contributed by atoms with van der Waals surface area (Å²) in [5.41, 5.74) is 10.6. The number of carboxylic acid groups (broad SMARTS) is 1. The van der Waals surface area contributed by atoms with Crippen molar-refractivity contribution in [1.29, 1.82) is 0 Å². The molecule has 9 nitrogen and oxygen atoms in total. The minimum absolute atomic E-state index is 0.0651. The van der Waals surface area contributed by atoms with E-state index in [2.05, 4.69) is 28.2 Å². The molecule has 2 bridgehead atoms. The number of aliphatic carboxylic acids is 1. The highest BCUT2D eigenvalue weighted by atomic mass is 16.5. The number of carbonyl (C=O) groups is 2. The van der Waals surface area contributed by atoms with Crippen molar-refractivity contribution in [3.63, 3.8) is 0 Å². The van der Waals surface area contributed by atoms with Gasteiger partial charge in [-0.25, -0.2) is 9.97 Å². The molecule has 1 amide bonds. The Kier molecular flexibility index (Phi) is 8.59. The second-order valence-corrected chi connectivity index (χ2v) is 8.71. The van der Waals surface area contributed by atoms with Crippen molar-refractivity contribution < 1.29 is 24.2 Å². The van der Waals surface area contributed by atoms with Crippen LogP contribution in [0.25, 0.3) is 11.1 Å². The molecule has 0 unspecified atom stereocenters. The molecular formula is C27H30N4O5. The number of nitrogens with two attached hydrogens (primary N) is 1. The van der Waals surface area contributed by atoms with E-state index in [-0.39, 0.29) is 18.7 Å². The Morgan fingerprint density at radius 2 is 1.83 bits per heavy atom. The minimum atomic E-state index is -1.11. The molecule has 1 aliphatic heterocycles. The predicted molar refractivity (Wildman–Crippen MR) is 133 cm³/mol. The molecule has 3 aromatic rings. The fourth-order valence-electron chi connectivity index (χ4n) is 4.10. The summed E-state index contributed by atoms with van der Waals surface area (Å²) < 4.78 is 11.8. The zero-order valence-electron chi connectivity index (χ0n) is 20.0. The number of carbonyl (C=O) groups excluding carboxylic acids is 1. The smallest absolute Gasteiger partial charge is 0.320 e. The van der Waals surface area contributed by atoms with Crippen molar-refractivity contribution in [2.45, 2.75) is 31.8 Å². The molecule has 36 heavy (non-hydrogen) atoms. The highest BCUT2D eigenvalue weighted by Gasteiger charge is 2.19. The lowest BCUT2D eigenvalue weighted by Crippen LogP contribution is -2.36. The SMILES string of the molecule is N[C@@H](CCC(=O)N1CCOCCOc2ccc(-c3cncnc3)cc2Cc2cccc(c2)C1)C(=O)O. The fraction of sp³-hybridized carbons (Fsp3) is 0.333. The Morgan fingerprint density at radius 3 is 2.64 bits per heavy atom. The van der Waals surface area contributed by atoms with Gasteiger partial charge >= 0.3 is 5.97 Å². The first-order valence-electron chi connectivity index (χ1n) is 11.9. The van der Waals surface area contributed by atoms with E-state index >= 15 is 0 Å². The maximum Gasteiger partial charge on any atom is 0.320 e. The Labute approximate surface area is 209 Å². The first kappa shape index (κ1) is 25.3. The van der Waals surface area contributed by atoms with Crippen LogP contribution in [0.2, 0.25) is 0 Å². The Hall–Kier alpha value is -3.82. The number of aromatic nitrogens is 2. The van der Waals surface area contributed by atoms with Crippen LogP contribution in [0.4, 0.5) is 0 Å². The first-order chi connectivity index (χ1) is 17.5. The number of rotatable bonds is 5. The number of nitrogens with zero attached hydrogens (tertiary/aromatic N) is 3. The summed E-state index contributed by atoms with van der Waals surface area (Å²) in [5, 5.41) is 9.02. The zero-order chi connectivity index (χ0) is 25.3. The predicted octanol–water partition coefficient (Wildman–Crippen LogP) is 2.66. The standard InChI is InChI=1S/C27H30N4O5/c28-24(27(33)34)5-7-26(32)31-8-9-35-10-11-36-25-6-4-21(23-15-29-18-30-16-23)14-22(25)13-19-2-1-3-20(12-19)17-31/h1-4,6,12,14-16,18,24H,5,7-11,13,17,28H2,(H,33,34)/t24-/m0/s1. The molecule has 1 atom stereocenters. The molecule has 0 radical (unpaired) electrons. The molecule has 3 N–H and O–H groups in total. The lowest BCUT2D eigenvalue weighted by molar-refractivity contribution is -0.139. The van der Waals surface area contributed by atoms with Gasteiger partial charge in [0, 0.05) is 43.9 Å². The van der Waals surface area contributed by atoms with E-state index in [1.54, 1.807) is 17.3 Å². The van der Waals surface area contributed by atoms with Gasteiger partial charge in [0.05, 0.1) is 13.2 Å². The topological polar surface area (TPSA) is 128 Å². The summed E-state index contributed by atoms with van der Waals surface area (Å²) in [4.78, 5) is 33.8. The van der Waals surface area contributed by atoms with Crippen LogP contribution in [0.3, 0.4) is 0 Å². The van der Waals surface area contributed by atoms with Gasteiger partial charge in [0.2, 0.25) is 5.91 Å². The van der Waals surface area contributed by atoms with Gasteiger partial charge in [0.1, 0.15) is 24.7 Å². The molecule has 0 fully saturated rings. The number of carboxylic acids is 1. The second-order valence-electron chi connectivity index (χ2n) is 8.71. The Bertz CT molecular complexity index is 1190. The Balaban J connectivity index is 1.57. The fourth-order valence-corrected chi connectivity index (χ4v) is 4.10. The van der Waals surface area contributed by atoms with E-state index in [9.17, 15) is 9.59 Å². The molecule has 2 heterocycles. The molecule has 2 aromatic carbocycles. The van der Waals surface area contributed by atoms with E-state index in [1.165, 1.54) is 6.33 Å². The summed E-state index contributed by atoms with van der Waals surface area (Å²) in [6.45, 7) is 1.90. The number of hydrogen-bond donors (Lipinski definition) is 2. The zero-order valence-corrected chi connectivity index (χ0v) is 20.0. The monoisotopic (exact) mass is 490 g/mol. The molecule has 188 valence electrons. The molecule has 0 aliphatic carbocycles. The molecule has 1 aromatic heterocycles. The first-order valence-corrected chi connectivity index (χ1v) is 11.9. The van der Waals surface area contributed by atoms with E-state index < -0.39 is 12.0 Å². The van der Waals surface area contributed by atoms with E-state index in [0.29, 0.717) is 39.3 Å². The highest BCUT2D eigenvalue weighted by Crippen LogP contribution is 2.28. The van der Waals surface area contributed by atoms with Gasteiger partial charge in [0.15, 0.2) is 0 Å². The van der Waals surface area contributed by atoms with Crippen molar-refractivity contribution in [3.8, 4) is 16.9 Å². The van der Waals surface area contributed by atoms with Crippen LogP contribution in [0.5, 0.6) is 5.75 Å². The summed E-state index contributed by atoms with van der Waals surface area (Å²) in [6, 6.07) is 13.1. The van der Waals surface area contributed by atoms with Crippen molar-refractivity contribution >= 4 is 11.9 Å². The maximum absolute atomic E-state index is 12.9. The molecule has 1 aliphatic rings.